The van der Waals surface area contributed by atoms with Crippen LogP contribution in [0.2, 0.25) is 0 Å². The Kier molecular flexibility index (Phi) is 12.3. The van der Waals surface area contributed by atoms with Crippen LogP contribution >= 0.6 is 24.0 Å². The van der Waals surface area contributed by atoms with Crippen LogP contribution in [0.15, 0.2) is 29.3 Å². The van der Waals surface area contributed by atoms with Crippen LogP contribution in [0.4, 0.5) is 0 Å². The van der Waals surface area contributed by atoms with Crippen LogP contribution < -0.4 is 10.6 Å². The monoisotopic (exact) mass is 558 g/mol. The molecule has 2 fully saturated rings. The second-order valence-corrected chi connectivity index (χ2v) is 9.37. The number of hydrogen-bond acceptors (Lipinski definition) is 4. The zero-order valence-corrected chi connectivity index (χ0v) is 22.6. The molecule has 0 saturated carbocycles. The minimum atomic E-state index is 0. The molecule has 3 rings (SSSR count). The van der Waals surface area contributed by atoms with Gasteiger partial charge in [0, 0.05) is 51.8 Å². The maximum Gasteiger partial charge on any atom is 0.191 e. The molecule has 32 heavy (non-hydrogen) atoms. The van der Waals surface area contributed by atoms with Gasteiger partial charge in [-0.3, -0.25) is 9.89 Å². The minimum absolute atomic E-state index is 0. The van der Waals surface area contributed by atoms with E-state index < -0.39 is 0 Å². The molecule has 0 bridgehead atoms. The SMILES string of the molecule is CN=C(NCC1CCCOC1c1ccc(C)cc1)NCC(CC(C)C)N1CCOCC1.I. The molecule has 0 aromatic heterocycles. The lowest BCUT2D eigenvalue weighted by atomic mass is 9.89. The molecule has 7 heteroatoms. The normalized spacial score (nSPS) is 23.5. The Labute approximate surface area is 211 Å². The highest BCUT2D eigenvalue weighted by Gasteiger charge is 2.28. The Morgan fingerprint density at radius 3 is 2.50 bits per heavy atom. The molecule has 0 spiro atoms. The van der Waals surface area contributed by atoms with E-state index in [9.17, 15) is 0 Å². The van der Waals surface area contributed by atoms with Gasteiger partial charge in [-0.15, -0.1) is 24.0 Å². The number of aliphatic imine (C=N–C) groups is 1. The number of benzene rings is 1. The summed E-state index contributed by atoms with van der Waals surface area (Å²) in [4.78, 5) is 7.05. The third-order valence-corrected chi connectivity index (χ3v) is 6.42. The zero-order chi connectivity index (χ0) is 22.1. The molecule has 2 aliphatic heterocycles. The predicted molar refractivity (Wildman–Crippen MR) is 143 cm³/mol. The van der Waals surface area contributed by atoms with Crippen LogP contribution in [-0.4, -0.2) is 69.9 Å². The van der Waals surface area contributed by atoms with Crippen LogP contribution in [0.5, 0.6) is 0 Å². The van der Waals surface area contributed by atoms with Crippen molar-refractivity contribution in [2.75, 3.05) is 53.0 Å². The summed E-state index contributed by atoms with van der Waals surface area (Å²) in [6, 6.07) is 9.28. The highest BCUT2D eigenvalue weighted by molar-refractivity contribution is 14.0. The van der Waals surface area contributed by atoms with E-state index >= 15 is 0 Å². The zero-order valence-electron chi connectivity index (χ0n) is 20.3. The molecule has 1 aromatic carbocycles. The Hall–Kier alpha value is -0.900. The van der Waals surface area contributed by atoms with E-state index in [1.54, 1.807) is 0 Å². The summed E-state index contributed by atoms with van der Waals surface area (Å²) in [5.74, 6) is 2.00. The fraction of sp³-hybridized carbons (Fsp3) is 0.720. The van der Waals surface area contributed by atoms with Gasteiger partial charge in [0.05, 0.1) is 19.3 Å². The van der Waals surface area contributed by atoms with E-state index in [1.807, 2.05) is 7.05 Å². The molecule has 182 valence electrons. The second kappa shape index (κ2) is 14.4. The van der Waals surface area contributed by atoms with Crippen LogP contribution in [0.25, 0.3) is 0 Å². The van der Waals surface area contributed by atoms with Gasteiger partial charge in [-0.05, 0) is 37.7 Å². The number of guanidine groups is 1. The van der Waals surface area contributed by atoms with E-state index in [2.05, 4.69) is 65.6 Å². The Morgan fingerprint density at radius 1 is 1.12 bits per heavy atom. The van der Waals surface area contributed by atoms with Gasteiger partial charge in [0.25, 0.3) is 0 Å². The quantitative estimate of drug-likeness (QED) is 0.287. The molecule has 0 amide bonds. The van der Waals surface area contributed by atoms with Gasteiger partial charge in [-0.25, -0.2) is 0 Å². The van der Waals surface area contributed by atoms with Crippen molar-refractivity contribution < 1.29 is 9.47 Å². The maximum atomic E-state index is 6.18. The molecule has 2 saturated heterocycles. The smallest absolute Gasteiger partial charge is 0.191 e. The molecule has 0 radical (unpaired) electrons. The minimum Gasteiger partial charge on any atom is -0.379 e. The van der Waals surface area contributed by atoms with Gasteiger partial charge < -0.3 is 20.1 Å². The highest BCUT2D eigenvalue weighted by Crippen LogP contribution is 2.33. The highest BCUT2D eigenvalue weighted by atomic mass is 127. The van der Waals surface area contributed by atoms with Crippen LogP contribution in [-0.2, 0) is 9.47 Å². The van der Waals surface area contributed by atoms with Crippen molar-refractivity contribution >= 4 is 29.9 Å². The lowest BCUT2D eigenvalue weighted by Crippen LogP contribution is -2.51. The third-order valence-electron chi connectivity index (χ3n) is 6.42. The molecule has 2 N–H and O–H groups in total. The Morgan fingerprint density at radius 2 is 1.84 bits per heavy atom. The number of nitrogens with one attached hydrogen (secondary N) is 2. The van der Waals surface area contributed by atoms with Crippen molar-refractivity contribution in [3.05, 3.63) is 35.4 Å². The number of ether oxygens (including phenoxy) is 2. The molecule has 1 aromatic rings. The summed E-state index contributed by atoms with van der Waals surface area (Å²) in [5, 5.41) is 7.17. The number of halogens is 1. The van der Waals surface area contributed by atoms with Crippen molar-refractivity contribution in [1.82, 2.24) is 15.5 Å². The number of hydrogen-bond donors (Lipinski definition) is 2. The van der Waals surface area contributed by atoms with Crippen molar-refractivity contribution in [2.45, 2.75) is 52.2 Å². The molecular weight excluding hydrogens is 515 g/mol. The molecular formula is C25H43IN4O2. The van der Waals surface area contributed by atoms with Gasteiger partial charge in [0.15, 0.2) is 5.96 Å². The molecule has 3 unspecified atom stereocenters. The van der Waals surface area contributed by atoms with Crippen LogP contribution in [0.1, 0.15) is 50.3 Å². The Bertz CT molecular complexity index is 677. The lowest BCUT2D eigenvalue weighted by Gasteiger charge is -2.36. The van der Waals surface area contributed by atoms with Gasteiger partial charge in [-0.1, -0.05) is 43.7 Å². The van der Waals surface area contributed by atoms with E-state index in [1.165, 1.54) is 24.0 Å². The first-order valence-electron chi connectivity index (χ1n) is 12.0. The first-order valence-corrected chi connectivity index (χ1v) is 12.0. The average molecular weight is 559 g/mol. The number of nitrogens with zero attached hydrogens (tertiary/aromatic N) is 2. The molecule has 6 nitrogen and oxygen atoms in total. The average Bonchev–Trinajstić information content (AvgIpc) is 2.79. The molecule has 2 heterocycles. The van der Waals surface area contributed by atoms with Crippen molar-refractivity contribution in [1.29, 1.82) is 0 Å². The summed E-state index contributed by atoms with van der Waals surface area (Å²) in [7, 11) is 1.86. The van der Waals surface area contributed by atoms with Crippen molar-refractivity contribution in [2.24, 2.45) is 16.8 Å². The van der Waals surface area contributed by atoms with Gasteiger partial charge in [0.1, 0.15) is 0 Å². The van der Waals surface area contributed by atoms with Gasteiger partial charge >= 0.3 is 0 Å². The standard InChI is InChI=1S/C25H42N4O2.HI/c1-19(2)16-23(29-11-14-30-15-12-29)18-28-25(26-4)27-17-22-6-5-13-31-24(22)21-9-7-20(3)8-10-21;/h7-10,19,22-24H,5-6,11-18H2,1-4H3,(H2,26,27,28);1H. The fourth-order valence-corrected chi connectivity index (χ4v) is 4.69. The summed E-state index contributed by atoms with van der Waals surface area (Å²) in [6.07, 6.45) is 3.62. The third kappa shape index (κ3) is 8.47. The molecule has 0 aliphatic carbocycles. The summed E-state index contributed by atoms with van der Waals surface area (Å²) >= 11 is 0. The van der Waals surface area contributed by atoms with E-state index in [4.69, 9.17) is 9.47 Å². The van der Waals surface area contributed by atoms with Crippen molar-refractivity contribution in [3.63, 3.8) is 0 Å². The largest absolute Gasteiger partial charge is 0.379 e. The second-order valence-electron chi connectivity index (χ2n) is 9.37. The van der Waals surface area contributed by atoms with Gasteiger partial charge in [-0.2, -0.15) is 0 Å². The van der Waals surface area contributed by atoms with Gasteiger partial charge in [0.2, 0.25) is 0 Å². The summed E-state index contributed by atoms with van der Waals surface area (Å²) < 4.78 is 11.7. The first-order chi connectivity index (χ1) is 15.1. The van der Waals surface area contributed by atoms with E-state index in [0.29, 0.717) is 17.9 Å². The predicted octanol–water partition coefficient (Wildman–Crippen LogP) is 3.99. The first kappa shape index (κ1) is 27.3. The summed E-state index contributed by atoms with van der Waals surface area (Å²) in [5.41, 5.74) is 2.57. The van der Waals surface area contributed by atoms with Crippen LogP contribution in [0, 0.1) is 18.8 Å². The maximum absolute atomic E-state index is 6.18. The number of rotatable bonds is 8. The molecule has 3 atom stereocenters. The summed E-state index contributed by atoms with van der Waals surface area (Å²) in [6.45, 7) is 13.1. The number of aryl methyl sites for hydroxylation is 1. The molecule has 2 aliphatic rings. The topological polar surface area (TPSA) is 58.1 Å². The fourth-order valence-electron chi connectivity index (χ4n) is 4.69. The van der Waals surface area contributed by atoms with Crippen molar-refractivity contribution in [3.8, 4) is 0 Å². The number of morpholine rings is 1. The van der Waals surface area contributed by atoms with E-state index in [0.717, 1.165) is 58.4 Å². The van der Waals surface area contributed by atoms with Crippen LogP contribution in [0.3, 0.4) is 0 Å². The Balaban J connectivity index is 0.00000363. The lowest BCUT2D eigenvalue weighted by molar-refractivity contribution is -0.0265. The van der Waals surface area contributed by atoms with E-state index in [-0.39, 0.29) is 30.1 Å².